The molecule has 4 nitrogen and oxygen atoms in total. The molecule has 0 aromatic heterocycles. The van der Waals surface area contributed by atoms with E-state index in [9.17, 15) is 9.90 Å². The number of hydrogen-bond donors (Lipinski definition) is 1. The third-order valence-electron chi connectivity index (χ3n) is 16.9. The molecular formula is C48H72O4Si. The molecule has 2 aromatic rings. The lowest BCUT2D eigenvalue weighted by molar-refractivity contribution is -0.180. The zero-order chi connectivity index (χ0) is 38.0. The number of fused-ring (bicyclic) bond motifs is 12. The molecule has 4 bridgehead atoms. The van der Waals surface area contributed by atoms with E-state index in [0.717, 1.165) is 66.0 Å². The van der Waals surface area contributed by atoms with Crippen LogP contribution >= 0.6 is 0 Å². The van der Waals surface area contributed by atoms with Crippen LogP contribution in [0.5, 0.6) is 0 Å². The normalized spacial score (nSPS) is 39.9. The van der Waals surface area contributed by atoms with Gasteiger partial charge in [0.1, 0.15) is 11.7 Å². The highest BCUT2D eigenvalue weighted by Crippen LogP contribution is 2.69. The van der Waals surface area contributed by atoms with Crippen molar-refractivity contribution in [1.29, 1.82) is 0 Å². The van der Waals surface area contributed by atoms with Crippen molar-refractivity contribution in [2.75, 3.05) is 0 Å². The molecular weight excluding hydrogens is 669 g/mol. The van der Waals surface area contributed by atoms with Crippen LogP contribution < -0.4 is 0 Å². The van der Waals surface area contributed by atoms with E-state index in [0.29, 0.717) is 29.6 Å². The van der Waals surface area contributed by atoms with E-state index >= 15 is 0 Å². The first-order valence-corrected chi connectivity index (χ1v) is 24.6. The van der Waals surface area contributed by atoms with Gasteiger partial charge in [-0.3, -0.25) is 4.79 Å². The van der Waals surface area contributed by atoms with Crippen molar-refractivity contribution in [2.45, 2.75) is 168 Å². The minimum atomic E-state index is -2.48. The summed E-state index contributed by atoms with van der Waals surface area (Å²) >= 11 is 0. The molecule has 0 saturated heterocycles. The number of carbonyl (C=O) groups is 1. The minimum Gasteiger partial charge on any atom is -0.462 e. The van der Waals surface area contributed by atoms with Gasteiger partial charge in [0, 0.05) is 6.10 Å². The van der Waals surface area contributed by atoms with Crippen LogP contribution in [0.15, 0.2) is 54.6 Å². The second-order valence-electron chi connectivity index (χ2n) is 21.0. The maximum absolute atomic E-state index is 13.5. The molecule has 2 heterocycles. The Hall–Kier alpha value is -1.95. The Balaban J connectivity index is 1.23. The highest BCUT2D eigenvalue weighted by molar-refractivity contribution is 6.74. The molecule has 0 amide bonds. The van der Waals surface area contributed by atoms with Gasteiger partial charge in [0.05, 0.1) is 6.42 Å². The zero-order valence-corrected chi connectivity index (χ0v) is 35.8. The Bertz CT molecular complexity index is 1580. The summed E-state index contributed by atoms with van der Waals surface area (Å²) in [6.07, 6.45) is 14.6. The van der Waals surface area contributed by atoms with Gasteiger partial charge >= 0.3 is 5.97 Å². The Labute approximate surface area is 323 Å². The van der Waals surface area contributed by atoms with Crippen molar-refractivity contribution < 1.29 is 19.1 Å². The Morgan fingerprint density at radius 2 is 1.45 bits per heavy atom. The van der Waals surface area contributed by atoms with Crippen LogP contribution in [0, 0.1) is 52.3 Å². The number of aliphatic hydroxyl groups is 1. The van der Waals surface area contributed by atoms with Crippen molar-refractivity contribution in [3.05, 3.63) is 71.3 Å². The van der Waals surface area contributed by atoms with Crippen LogP contribution in [-0.2, 0) is 26.0 Å². The number of ether oxygens (including phenoxy) is 1. The summed E-state index contributed by atoms with van der Waals surface area (Å²) in [4.78, 5) is 13.5. The predicted molar refractivity (Wildman–Crippen MR) is 219 cm³/mol. The maximum Gasteiger partial charge on any atom is 0.310 e. The lowest BCUT2D eigenvalue weighted by atomic mass is 9.43. The standard InChI is InChI=1S/C48H72O4Si/c1-32(2)14-13-15-33(3)39-22-23-40-38-30-43-42-29-37(24-26-47(42,7)41(38)25-27-46(39,40)6)51-44(49)28-34-18-20-36(21-19-34)48(50,35-16-11-10-12-17-35)31-45(4,5)53(8,9)52-43/h10-12,16-21,32-33,37-43,50H,13-15,22-31H2,1-9H3/t33-,37-,38+,39-,40+,41+,42-,43+,46-,47-,48+/m1/s1. The SMILES string of the molecule is CC(C)CCC[C@@H](C)[C@H]1CC[C@H]2[C@@H]3C[C@@H]4O[Si](C)(C)C(C)(C)C[C@](O)(c5ccccc5)c5ccc(cc5)CC(=O)O[C@@H]5CC[C@@](C)([C@@H]4C5)[C@H]3CC[C@]12C. The maximum atomic E-state index is 13.5. The monoisotopic (exact) mass is 741 g/mol. The number of rotatable bonds is 6. The summed E-state index contributed by atoms with van der Waals surface area (Å²) < 4.78 is 14.2. The first-order chi connectivity index (χ1) is 25.0. The highest BCUT2D eigenvalue weighted by atomic mass is 28.4. The fourth-order valence-corrected chi connectivity index (χ4v) is 15.3. The van der Waals surface area contributed by atoms with Crippen LogP contribution in [0.4, 0.5) is 0 Å². The molecule has 53 heavy (non-hydrogen) atoms. The van der Waals surface area contributed by atoms with Crippen LogP contribution in [0.2, 0.25) is 18.1 Å². The van der Waals surface area contributed by atoms with E-state index in [1.807, 2.05) is 42.5 Å². The third kappa shape index (κ3) is 7.16. The Morgan fingerprint density at radius 3 is 2.15 bits per heavy atom. The molecule has 0 spiro atoms. The molecule has 5 heteroatoms. The summed E-state index contributed by atoms with van der Waals surface area (Å²) in [5.41, 5.74) is 2.12. The van der Waals surface area contributed by atoms with Gasteiger partial charge in [-0.1, -0.05) is 122 Å². The van der Waals surface area contributed by atoms with Crippen LogP contribution in [0.3, 0.4) is 0 Å². The smallest absolute Gasteiger partial charge is 0.310 e. The van der Waals surface area contributed by atoms with Crippen molar-refractivity contribution in [3.63, 3.8) is 0 Å². The van der Waals surface area contributed by atoms with Gasteiger partial charge in [0.2, 0.25) is 0 Å². The molecule has 4 saturated carbocycles. The molecule has 2 aliphatic heterocycles. The number of benzene rings is 2. The van der Waals surface area contributed by atoms with Crippen LogP contribution in [0.1, 0.15) is 142 Å². The zero-order valence-electron chi connectivity index (χ0n) is 34.8. The number of carbonyl (C=O) groups excluding carboxylic acids is 1. The van der Waals surface area contributed by atoms with Crippen LogP contribution in [0.25, 0.3) is 0 Å². The molecule has 8 rings (SSSR count). The van der Waals surface area contributed by atoms with Crippen molar-refractivity contribution in [1.82, 2.24) is 0 Å². The molecule has 1 N–H and O–H groups in total. The van der Waals surface area contributed by atoms with Crippen molar-refractivity contribution in [2.24, 2.45) is 52.3 Å². The molecule has 4 aliphatic carbocycles. The van der Waals surface area contributed by atoms with E-state index in [1.54, 1.807) is 0 Å². The molecule has 6 aliphatic rings. The summed E-state index contributed by atoms with van der Waals surface area (Å²) in [6, 6.07) is 18.3. The molecule has 292 valence electrons. The van der Waals surface area contributed by atoms with Gasteiger partial charge in [0.25, 0.3) is 0 Å². The van der Waals surface area contributed by atoms with E-state index < -0.39 is 13.9 Å². The summed E-state index contributed by atoms with van der Waals surface area (Å²) in [7, 11) is -2.48. The molecule has 0 radical (unpaired) electrons. The Morgan fingerprint density at radius 1 is 0.792 bits per heavy atom. The summed E-state index contributed by atoms with van der Waals surface area (Å²) in [5, 5.41) is 12.6. The quantitative estimate of drug-likeness (QED) is 0.237. The fraction of sp³-hybridized carbons (Fsp3) is 0.729. The fourth-order valence-electron chi connectivity index (χ4n) is 13.3. The van der Waals surface area contributed by atoms with Gasteiger partial charge < -0.3 is 14.3 Å². The first kappa shape index (κ1) is 39.3. The van der Waals surface area contributed by atoms with Gasteiger partial charge in [-0.15, -0.1) is 0 Å². The third-order valence-corrected chi connectivity index (χ3v) is 21.2. The minimum absolute atomic E-state index is 0.0484. The van der Waals surface area contributed by atoms with E-state index in [2.05, 4.69) is 73.7 Å². The second kappa shape index (κ2) is 14.5. The lowest BCUT2D eigenvalue weighted by Crippen LogP contribution is -2.61. The average Bonchev–Trinajstić information content (AvgIpc) is 3.46. The van der Waals surface area contributed by atoms with Gasteiger partial charge in [-0.2, -0.15) is 0 Å². The van der Waals surface area contributed by atoms with Gasteiger partial charge in [-0.05, 0) is 145 Å². The first-order valence-electron chi connectivity index (χ1n) is 21.7. The predicted octanol–water partition coefficient (Wildman–Crippen LogP) is 11.9. The highest BCUT2D eigenvalue weighted by Gasteiger charge is 2.64. The summed E-state index contributed by atoms with van der Waals surface area (Å²) in [6.45, 7) is 22.2. The van der Waals surface area contributed by atoms with E-state index in [4.69, 9.17) is 9.16 Å². The summed E-state index contributed by atoms with van der Waals surface area (Å²) in [5.74, 6) is 4.81. The number of esters is 1. The van der Waals surface area contributed by atoms with Crippen molar-refractivity contribution in [3.8, 4) is 0 Å². The van der Waals surface area contributed by atoms with Crippen molar-refractivity contribution >= 4 is 14.3 Å². The second-order valence-corrected chi connectivity index (χ2v) is 25.6. The average molecular weight is 741 g/mol. The van der Waals surface area contributed by atoms with E-state index in [-0.39, 0.29) is 35.1 Å². The van der Waals surface area contributed by atoms with Crippen LogP contribution in [-0.4, -0.2) is 31.6 Å². The lowest BCUT2D eigenvalue weighted by Gasteiger charge is -2.64. The number of hydrogen-bond acceptors (Lipinski definition) is 4. The molecule has 4 fully saturated rings. The van der Waals surface area contributed by atoms with Gasteiger partial charge in [0.15, 0.2) is 8.32 Å². The van der Waals surface area contributed by atoms with Gasteiger partial charge in [-0.25, -0.2) is 0 Å². The topological polar surface area (TPSA) is 55.8 Å². The largest absolute Gasteiger partial charge is 0.462 e. The Kier molecular flexibility index (Phi) is 10.8. The molecule has 2 aromatic carbocycles. The molecule has 11 atom stereocenters. The van der Waals surface area contributed by atoms with E-state index in [1.165, 1.54) is 44.9 Å². The molecule has 0 unspecified atom stereocenters.